The fourth-order valence-electron chi connectivity index (χ4n) is 0.977. The molecule has 0 radical (unpaired) electrons. The van der Waals surface area contributed by atoms with Crippen molar-refractivity contribution < 1.29 is 4.39 Å². The maximum atomic E-state index is 13.4. The normalized spacial score (nSPS) is 11.1. The molecule has 0 bridgehead atoms. The summed E-state index contributed by atoms with van der Waals surface area (Å²) < 4.78 is 14.0. The molecule has 0 fully saturated rings. The highest BCUT2D eigenvalue weighted by molar-refractivity contribution is 9.10. The van der Waals surface area contributed by atoms with Gasteiger partial charge in [-0.25, -0.2) is 4.39 Å². The number of benzene rings is 1. The van der Waals surface area contributed by atoms with Crippen LogP contribution in [-0.2, 0) is 0 Å². The summed E-state index contributed by atoms with van der Waals surface area (Å²) in [4.78, 5) is 0. The standard InChI is InChI=1S/C10H8Br2ClF/c11-4-2-1-3-8-9(12)5-7(13)6-10(8)14/h1,3,5-6H,2,4H2. The van der Waals surface area contributed by atoms with Crippen LogP contribution in [0.5, 0.6) is 0 Å². The Kier molecular flexibility index (Phi) is 5.13. The van der Waals surface area contributed by atoms with Gasteiger partial charge in [-0.2, -0.15) is 0 Å². The Labute approximate surface area is 104 Å². The topological polar surface area (TPSA) is 0 Å². The molecular weight excluding hydrogens is 334 g/mol. The zero-order chi connectivity index (χ0) is 10.6. The van der Waals surface area contributed by atoms with Crippen LogP contribution in [0.2, 0.25) is 5.02 Å². The Hall–Kier alpha value is 0.140. The summed E-state index contributed by atoms with van der Waals surface area (Å²) in [7, 11) is 0. The molecule has 14 heavy (non-hydrogen) atoms. The van der Waals surface area contributed by atoms with E-state index in [4.69, 9.17) is 11.6 Å². The van der Waals surface area contributed by atoms with Gasteiger partial charge in [-0.15, -0.1) is 0 Å². The summed E-state index contributed by atoms with van der Waals surface area (Å²) in [5.74, 6) is -0.310. The van der Waals surface area contributed by atoms with E-state index in [1.165, 1.54) is 6.07 Å². The number of halogens is 4. The fourth-order valence-corrected chi connectivity index (χ4v) is 2.15. The quantitative estimate of drug-likeness (QED) is 0.675. The van der Waals surface area contributed by atoms with Gasteiger partial charge in [0.1, 0.15) is 5.82 Å². The van der Waals surface area contributed by atoms with Gasteiger partial charge in [0.15, 0.2) is 0 Å². The maximum absolute atomic E-state index is 13.4. The van der Waals surface area contributed by atoms with Crippen molar-refractivity contribution in [2.45, 2.75) is 6.42 Å². The number of allylic oxidation sites excluding steroid dienone is 1. The number of hydrogen-bond acceptors (Lipinski definition) is 0. The van der Waals surface area contributed by atoms with E-state index in [9.17, 15) is 4.39 Å². The minimum absolute atomic E-state index is 0.310. The molecule has 0 aliphatic rings. The van der Waals surface area contributed by atoms with Crippen LogP contribution in [0.1, 0.15) is 12.0 Å². The second kappa shape index (κ2) is 5.89. The van der Waals surface area contributed by atoms with Crippen LogP contribution in [0.3, 0.4) is 0 Å². The lowest BCUT2D eigenvalue weighted by Crippen LogP contribution is -1.84. The third-order valence-electron chi connectivity index (χ3n) is 1.60. The van der Waals surface area contributed by atoms with Gasteiger partial charge < -0.3 is 0 Å². The summed E-state index contributed by atoms with van der Waals surface area (Å²) in [6, 6.07) is 2.98. The molecule has 0 aliphatic heterocycles. The molecule has 0 saturated heterocycles. The van der Waals surface area contributed by atoms with Gasteiger partial charge in [-0.05, 0) is 18.6 Å². The first kappa shape index (κ1) is 12.2. The van der Waals surface area contributed by atoms with Gasteiger partial charge >= 0.3 is 0 Å². The van der Waals surface area contributed by atoms with E-state index in [0.717, 1.165) is 11.8 Å². The predicted octanol–water partition coefficient (Wildman–Crippen LogP) is 5.04. The number of rotatable bonds is 3. The molecule has 0 N–H and O–H groups in total. The first-order valence-electron chi connectivity index (χ1n) is 4.02. The largest absolute Gasteiger partial charge is 0.206 e. The molecule has 1 aromatic carbocycles. The SMILES string of the molecule is Fc1cc(Cl)cc(Br)c1C=CCCBr. The Bertz CT molecular complexity index is 327. The van der Waals surface area contributed by atoms with Crippen molar-refractivity contribution in [1.82, 2.24) is 0 Å². The molecule has 4 heteroatoms. The first-order valence-corrected chi connectivity index (χ1v) is 6.31. The molecule has 0 aliphatic carbocycles. The summed E-state index contributed by atoms with van der Waals surface area (Å²) in [5, 5.41) is 1.27. The minimum Gasteiger partial charge on any atom is -0.206 e. The van der Waals surface area contributed by atoms with Gasteiger partial charge in [0.05, 0.1) is 0 Å². The smallest absolute Gasteiger partial charge is 0.133 e. The Morgan fingerprint density at radius 1 is 1.43 bits per heavy atom. The summed E-state index contributed by atoms with van der Waals surface area (Å²) >= 11 is 12.2. The van der Waals surface area contributed by atoms with Gasteiger partial charge in [-0.1, -0.05) is 55.6 Å². The molecule has 1 rings (SSSR count). The van der Waals surface area contributed by atoms with Gasteiger partial charge in [-0.3, -0.25) is 0 Å². The van der Waals surface area contributed by atoms with Crippen molar-refractivity contribution in [1.29, 1.82) is 0 Å². The molecule has 0 saturated carbocycles. The lowest BCUT2D eigenvalue weighted by molar-refractivity contribution is 0.624. The van der Waals surface area contributed by atoms with E-state index in [-0.39, 0.29) is 5.82 Å². The lowest BCUT2D eigenvalue weighted by atomic mass is 10.2. The molecule has 0 nitrogen and oxygen atoms in total. The highest BCUT2D eigenvalue weighted by atomic mass is 79.9. The number of alkyl halides is 1. The second-order valence-corrected chi connectivity index (χ2v) is 4.75. The van der Waals surface area contributed by atoms with Crippen molar-refractivity contribution in [2.24, 2.45) is 0 Å². The highest BCUT2D eigenvalue weighted by Crippen LogP contribution is 2.25. The van der Waals surface area contributed by atoms with Crippen LogP contribution in [-0.4, -0.2) is 5.33 Å². The molecular formula is C10H8Br2ClF. The van der Waals surface area contributed by atoms with Gasteiger partial charge in [0, 0.05) is 20.4 Å². The van der Waals surface area contributed by atoms with Crippen LogP contribution in [0.25, 0.3) is 6.08 Å². The summed E-state index contributed by atoms with van der Waals surface area (Å²) in [5.41, 5.74) is 0.537. The van der Waals surface area contributed by atoms with E-state index in [0.29, 0.717) is 15.1 Å². The average molecular weight is 342 g/mol. The molecule has 0 amide bonds. The maximum Gasteiger partial charge on any atom is 0.133 e. The number of hydrogen-bond donors (Lipinski definition) is 0. The van der Waals surface area contributed by atoms with E-state index in [2.05, 4.69) is 31.9 Å². The first-order chi connectivity index (χ1) is 6.65. The van der Waals surface area contributed by atoms with Crippen molar-refractivity contribution in [3.63, 3.8) is 0 Å². The Balaban J connectivity index is 2.96. The van der Waals surface area contributed by atoms with Gasteiger partial charge in [0.25, 0.3) is 0 Å². The molecule has 0 atom stereocenters. The predicted molar refractivity (Wildman–Crippen MR) is 66.6 cm³/mol. The fraction of sp³-hybridized carbons (Fsp3) is 0.200. The minimum atomic E-state index is -0.310. The van der Waals surface area contributed by atoms with Gasteiger partial charge in [0.2, 0.25) is 0 Å². The molecule has 1 aromatic rings. The average Bonchev–Trinajstić information content (AvgIpc) is 2.09. The summed E-state index contributed by atoms with van der Waals surface area (Å²) in [6.45, 7) is 0. The van der Waals surface area contributed by atoms with Crippen LogP contribution in [0.15, 0.2) is 22.7 Å². The Morgan fingerprint density at radius 3 is 2.71 bits per heavy atom. The molecule has 76 valence electrons. The van der Waals surface area contributed by atoms with Crippen LogP contribution >= 0.6 is 43.5 Å². The Morgan fingerprint density at radius 2 is 2.14 bits per heavy atom. The van der Waals surface area contributed by atoms with Crippen molar-refractivity contribution in [3.05, 3.63) is 39.1 Å². The monoisotopic (exact) mass is 340 g/mol. The van der Waals surface area contributed by atoms with Crippen molar-refractivity contribution in [3.8, 4) is 0 Å². The molecule has 0 aromatic heterocycles. The molecule has 0 heterocycles. The second-order valence-electron chi connectivity index (χ2n) is 2.66. The third kappa shape index (κ3) is 3.37. The van der Waals surface area contributed by atoms with E-state index in [1.807, 2.05) is 6.08 Å². The molecule has 0 spiro atoms. The van der Waals surface area contributed by atoms with Crippen molar-refractivity contribution in [2.75, 3.05) is 5.33 Å². The van der Waals surface area contributed by atoms with E-state index >= 15 is 0 Å². The van der Waals surface area contributed by atoms with E-state index in [1.54, 1.807) is 12.1 Å². The van der Waals surface area contributed by atoms with E-state index < -0.39 is 0 Å². The third-order valence-corrected chi connectivity index (χ3v) is 2.94. The van der Waals surface area contributed by atoms with Crippen LogP contribution in [0, 0.1) is 5.82 Å². The zero-order valence-electron chi connectivity index (χ0n) is 7.24. The zero-order valence-corrected chi connectivity index (χ0v) is 11.2. The van der Waals surface area contributed by atoms with Crippen LogP contribution in [0.4, 0.5) is 4.39 Å². The van der Waals surface area contributed by atoms with Crippen LogP contribution < -0.4 is 0 Å². The lowest BCUT2D eigenvalue weighted by Gasteiger charge is -2.01. The highest BCUT2D eigenvalue weighted by Gasteiger charge is 2.04. The summed E-state index contributed by atoms with van der Waals surface area (Å²) in [6.07, 6.45) is 4.53. The van der Waals surface area contributed by atoms with Crippen molar-refractivity contribution >= 4 is 49.5 Å². The molecule has 0 unspecified atom stereocenters.